The SMILES string of the molecule is CC(=O)c1sc(NCCCOCC2CC2)c(C2CC2)c1N. The summed E-state index contributed by atoms with van der Waals surface area (Å²) in [6.45, 7) is 4.20. The molecular formula is C16H24N2O2S. The van der Waals surface area contributed by atoms with Crippen molar-refractivity contribution < 1.29 is 9.53 Å². The van der Waals surface area contributed by atoms with Crippen LogP contribution < -0.4 is 11.1 Å². The summed E-state index contributed by atoms with van der Waals surface area (Å²) >= 11 is 1.51. The van der Waals surface area contributed by atoms with Crippen molar-refractivity contribution in [1.82, 2.24) is 0 Å². The van der Waals surface area contributed by atoms with E-state index in [1.807, 2.05) is 0 Å². The van der Waals surface area contributed by atoms with Crippen LogP contribution in [0.25, 0.3) is 0 Å². The maximum Gasteiger partial charge on any atom is 0.171 e. The molecule has 3 rings (SSSR count). The molecule has 0 radical (unpaired) electrons. The Balaban J connectivity index is 1.51. The lowest BCUT2D eigenvalue weighted by molar-refractivity contribution is 0.102. The van der Waals surface area contributed by atoms with Crippen LogP contribution in [0.15, 0.2) is 0 Å². The van der Waals surface area contributed by atoms with Crippen molar-refractivity contribution in [2.45, 2.75) is 44.9 Å². The highest BCUT2D eigenvalue weighted by molar-refractivity contribution is 7.18. The number of hydrogen-bond acceptors (Lipinski definition) is 5. The Morgan fingerprint density at radius 1 is 1.38 bits per heavy atom. The van der Waals surface area contributed by atoms with E-state index in [0.717, 1.165) is 37.1 Å². The van der Waals surface area contributed by atoms with Gasteiger partial charge in [0, 0.05) is 32.2 Å². The van der Waals surface area contributed by atoms with Gasteiger partial charge in [-0.1, -0.05) is 0 Å². The fourth-order valence-corrected chi connectivity index (χ4v) is 3.67. The van der Waals surface area contributed by atoms with Gasteiger partial charge >= 0.3 is 0 Å². The fourth-order valence-electron chi connectivity index (χ4n) is 2.54. The predicted octanol–water partition coefficient (Wildman–Crippen LogP) is 3.64. The first-order valence-corrected chi connectivity index (χ1v) is 8.73. The number of anilines is 2. The average Bonchev–Trinajstić information content (AvgIpc) is 3.34. The summed E-state index contributed by atoms with van der Waals surface area (Å²) in [7, 11) is 0. The van der Waals surface area contributed by atoms with Crippen LogP contribution in [0.3, 0.4) is 0 Å². The third-order valence-electron chi connectivity index (χ3n) is 4.09. The van der Waals surface area contributed by atoms with E-state index >= 15 is 0 Å². The van der Waals surface area contributed by atoms with Gasteiger partial charge in [0.05, 0.1) is 15.6 Å². The Kier molecular flexibility index (Phi) is 4.50. The number of nitrogens with one attached hydrogen (secondary N) is 1. The van der Waals surface area contributed by atoms with Gasteiger partial charge in [-0.05, 0) is 43.9 Å². The molecule has 2 aliphatic carbocycles. The number of carbonyl (C=O) groups is 1. The van der Waals surface area contributed by atoms with E-state index in [9.17, 15) is 4.79 Å². The number of hydrogen-bond donors (Lipinski definition) is 2. The third-order valence-corrected chi connectivity index (χ3v) is 5.37. The molecule has 2 saturated carbocycles. The van der Waals surface area contributed by atoms with Crippen LogP contribution in [0.2, 0.25) is 0 Å². The zero-order valence-electron chi connectivity index (χ0n) is 12.6. The van der Waals surface area contributed by atoms with Crippen molar-refractivity contribution in [2.75, 3.05) is 30.8 Å². The van der Waals surface area contributed by atoms with Crippen molar-refractivity contribution in [3.05, 3.63) is 10.4 Å². The molecule has 0 bridgehead atoms. The second-order valence-corrected chi connectivity index (χ2v) is 7.24. The van der Waals surface area contributed by atoms with E-state index in [-0.39, 0.29) is 5.78 Å². The van der Waals surface area contributed by atoms with Gasteiger partial charge in [-0.3, -0.25) is 4.79 Å². The van der Waals surface area contributed by atoms with Crippen LogP contribution in [0.4, 0.5) is 10.7 Å². The number of rotatable bonds is 9. The highest BCUT2D eigenvalue weighted by Crippen LogP contribution is 2.50. The van der Waals surface area contributed by atoms with Crippen LogP contribution >= 0.6 is 11.3 Å². The molecule has 3 N–H and O–H groups in total. The summed E-state index contributed by atoms with van der Waals surface area (Å²) in [5.41, 5.74) is 8.06. The quantitative estimate of drug-likeness (QED) is 0.540. The lowest BCUT2D eigenvalue weighted by Crippen LogP contribution is -2.07. The molecule has 1 aromatic rings. The molecular weight excluding hydrogens is 284 g/mol. The Morgan fingerprint density at radius 3 is 2.76 bits per heavy atom. The van der Waals surface area contributed by atoms with Crippen LogP contribution in [0, 0.1) is 5.92 Å². The highest BCUT2D eigenvalue weighted by Gasteiger charge is 2.32. The third kappa shape index (κ3) is 3.77. The molecule has 5 heteroatoms. The van der Waals surface area contributed by atoms with Gasteiger partial charge in [-0.2, -0.15) is 0 Å². The monoisotopic (exact) mass is 308 g/mol. The zero-order valence-corrected chi connectivity index (χ0v) is 13.4. The van der Waals surface area contributed by atoms with E-state index in [0.29, 0.717) is 16.5 Å². The van der Waals surface area contributed by atoms with Gasteiger partial charge in [-0.15, -0.1) is 11.3 Å². The minimum absolute atomic E-state index is 0.0696. The molecule has 0 amide bonds. The van der Waals surface area contributed by atoms with Gasteiger partial charge in [-0.25, -0.2) is 0 Å². The molecule has 2 aliphatic rings. The van der Waals surface area contributed by atoms with Gasteiger partial charge in [0.25, 0.3) is 0 Å². The summed E-state index contributed by atoms with van der Waals surface area (Å²) in [5, 5.41) is 4.56. The Morgan fingerprint density at radius 2 is 2.14 bits per heavy atom. The van der Waals surface area contributed by atoms with Crippen LogP contribution in [0.5, 0.6) is 0 Å². The van der Waals surface area contributed by atoms with E-state index in [1.165, 1.54) is 42.6 Å². The number of Topliss-reactive ketones (excluding diaryl/α,β-unsaturated/α-hetero) is 1. The molecule has 4 nitrogen and oxygen atoms in total. The van der Waals surface area contributed by atoms with Crippen LogP contribution in [-0.2, 0) is 4.74 Å². The first-order chi connectivity index (χ1) is 10.2. The number of nitrogens with two attached hydrogens (primary N) is 1. The molecule has 2 fully saturated rings. The summed E-state index contributed by atoms with van der Waals surface area (Å²) in [6.07, 6.45) is 6.05. The maximum absolute atomic E-state index is 11.6. The van der Waals surface area contributed by atoms with Crippen molar-refractivity contribution in [1.29, 1.82) is 0 Å². The predicted molar refractivity (Wildman–Crippen MR) is 87.4 cm³/mol. The minimum atomic E-state index is 0.0696. The van der Waals surface area contributed by atoms with E-state index in [2.05, 4.69) is 5.32 Å². The molecule has 116 valence electrons. The molecule has 0 aliphatic heterocycles. The van der Waals surface area contributed by atoms with E-state index in [1.54, 1.807) is 6.92 Å². The van der Waals surface area contributed by atoms with Gasteiger partial charge in [0.2, 0.25) is 0 Å². The summed E-state index contributed by atoms with van der Waals surface area (Å²) in [5.74, 6) is 1.46. The molecule has 0 saturated heterocycles. The fraction of sp³-hybridized carbons (Fsp3) is 0.688. The number of nitrogen functional groups attached to an aromatic ring is 1. The molecule has 1 heterocycles. The number of ketones is 1. The second-order valence-electron chi connectivity index (χ2n) is 6.22. The molecule has 0 spiro atoms. The molecule has 0 aromatic carbocycles. The van der Waals surface area contributed by atoms with Gasteiger partial charge in [0.1, 0.15) is 0 Å². The molecule has 1 aromatic heterocycles. The van der Waals surface area contributed by atoms with Gasteiger partial charge in [0.15, 0.2) is 5.78 Å². The van der Waals surface area contributed by atoms with Crippen molar-refractivity contribution in [3.63, 3.8) is 0 Å². The Hall–Kier alpha value is -1.07. The summed E-state index contributed by atoms with van der Waals surface area (Å²) in [4.78, 5) is 12.4. The molecule has 0 unspecified atom stereocenters. The molecule has 0 atom stereocenters. The average molecular weight is 308 g/mol. The van der Waals surface area contributed by atoms with E-state index < -0.39 is 0 Å². The Labute approximate surface area is 130 Å². The van der Waals surface area contributed by atoms with Crippen LogP contribution in [-0.4, -0.2) is 25.5 Å². The zero-order chi connectivity index (χ0) is 14.8. The standard InChI is InChI=1S/C16H24N2O2S/c1-10(19)15-14(17)13(12-5-6-12)16(21-15)18-7-2-8-20-9-11-3-4-11/h11-12,18H,2-9,17H2,1H3. The number of carbonyl (C=O) groups excluding carboxylic acids is 1. The smallest absolute Gasteiger partial charge is 0.171 e. The second kappa shape index (κ2) is 6.36. The lowest BCUT2D eigenvalue weighted by atomic mass is 10.1. The first-order valence-electron chi connectivity index (χ1n) is 7.91. The first kappa shape index (κ1) is 14.9. The minimum Gasteiger partial charge on any atom is -0.397 e. The highest BCUT2D eigenvalue weighted by atomic mass is 32.1. The van der Waals surface area contributed by atoms with Crippen LogP contribution in [0.1, 0.15) is 60.2 Å². The van der Waals surface area contributed by atoms with Crippen molar-refractivity contribution in [2.24, 2.45) is 5.92 Å². The normalized spacial score (nSPS) is 18.0. The van der Waals surface area contributed by atoms with Crippen molar-refractivity contribution >= 4 is 27.8 Å². The summed E-state index contributed by atoms with van der Waals surface area (Å²) in [6, 6.07) is 0. The van der Waals surface area contributed by atoms with Gasteiger partial charge < -0.3 is 15.8 Å². The molecule has 21 heavy (non-hydrogen) atoms. The van der Waals surface area contributed by atoms with E-state index in [4.69, 9.17) is 10.5 Å². The maximum atomic E-state index is 11.6. The topological polar surface area (TPSA) is 64.3 Å². The number of thiophene rings is 1. The summed E-state index contributed by atoms with van der Waals surface area (Å²) < 4.78 is 5.64. The largest absolute Gasteiger partial charge is 0.397 e. The number of ether oxygens (including phenoxy) is 1. The van der Waals surface area contributed by atoms with Crippen molar-refractivity contribution in [3.8, 4) is 0 Å². The lowest BCUT2D eigenvalue weighted by Gasteiger charge is -2.08. The Bertz CT molecular complexity index is 519.